The lowest BCUT2D eigenvalue weighted by Gasteiger charge is -2.20. The van der Waals surface area contributed by atoms with Gasteiger partial charge in [-0.1, -0.05) is 40.0 Å². The lowest BCUT2D eigenvalue weighted by atomic mass is 10.3. The van der Waals surface area contributed by atoms with Gasteiger partial charge < -0.3 is 29.4 Å². The van der Waals surface area contributed by atoms with E-state index in [0.717, 1.165) is 20.0 Å². The van der Waals surface area contributed by atoms with E-state index < -0.39 is 0 Å². The highest BCUT2D eigenvalue weighted by Crippen LogP contribution is 2.08. The summed E-state index contributed by atoms with van der Waals surface area (Å²) >= 11 is 13.9. The second-order valence-corrected chi connectivity index (χ2v) is 8.59. The Bertz CT molecular complexity index is 494. The summed E-state index contributed by atoms with van der Waals surface area (Å²) in [5, 5.41) is 0. The Morgan fingerprint density at radius 2 is 0.722 bits per heavy atom. The largest absolute Gasteiger partial charge is 0.362 e. The van der Waals surface area contributed by atoms with Crippen molar-refractivity contribution < 1.29 is 0 Å². The third-order valence-corrected chi connectivity index (χ3v) is 5.21. The minimum absolute atomic E-state index is 1.03. The minimum Gasteiger partial charge on any atom is -0.362 e. The van der Waals surface area contributed by atoms with E-state index in [1.807, 2.05) is 0 Å². The molecule has 0 unspecified atom stereocenters. The van der Waals surface area contributed by atoms with Crippen LogP contribution in [0.5, 0.6) is 0 Å². The maximum atomic E-state index is 4.64. The van der Waals surface area contributed by atoms with E-state index in [9.17, 15) is 0 Å². The van der Waals surface area contributed by atoms with Gasteiger partial charge in [-0.25, -0.2) is 0 Å². The molecular formula is C27H57Cl3N6. The highest BCUT2D eigenvalue weighted by atomic mass is 35.5. The minimum atomic E-state index is 1.03. The fourth-order valence-corrected chi connectivity index (χ4v) is 3.30. The Hall–Kier alpha value is -1.11. The lowest BCUT2D eigenvalue weighted by Crippen LogP contribution is -2.26. The van der Waals surface area contributed by atoms with E-state index in [2.05, 4.69) is 143 Å². The Balaban J connectivity index is -0.000000422. The summed E-state index contributed by atoms with van der Waals surface area (Å²) in [7, 11) is 6.21. The molecule has 0 aromatic carbocycles. The van der Waals surface area contributed by atoms with E-state index in [0.29, 0.717) is 0 Å². The summed E-state index contributed by atoms with van der Waals surface area (Å²) in [6, 6.07) is 0. The summed E-state index contributed by atoms with van der Waals surface area (Å²) in [5.74, 6) is 0. The molecule has 9 heteroatoms. The number of nitrogens with zero attached hydrogens (tertiary/aromatic N) is 6. The van der Waals surface area contributed by atoms with Gasteiger partial charge in [0.25, 0.3) is 0 Å². The van der Waals surface area contributed by atoms with Gasteiger partial charge in [-0.2, -0.15) is 0 Å². The average Bonchev–Trinajstić information content (AvgIpc) is 3.66. The van der Waals surface area contributed by atoms with Gasteiger partial charge in [-0.05, 0) is 19.3 Å². The fraction of sp³-hybridized carbons (Fsp3) is 0.778. The zero-order valence-corrected chi connectivity index (χ0v) is 27.0. The maximum Gasteiger partial charge on any atom is 0.0893 e. The molecule has 0 atom stereocenters. The average molecular weight is 572 g/mol. The van der Waals surface area contributed by atoms with Crippen LogP contribution >= 0.6 is 34.8 Å². The van der Waals surface area contributed by atoms with E-state index in [1.165, 1.54) is 77.3 Å². The molecule has 6 nitrogen and oxygen atoms in total. The van der Waals surface area contributed by atoms with Crippen LogP contribution < -0.4 is 0 Å². The lowest BCUT2D eigenvalue weighted by molar-refractivity contribution is 0.260. The van der Waals surface area contributed by atoms with Crippen LogP contribution in [0.1, 0.15) is 59.3 Å². The number of alkyl halides is 3. The Morgan fingerprint density at radius 1 is 0.444 bits per heavy atom. The monoisotopic (exact) mass is 570 g/mol. The molecule has 0 radical (unpaired) electrons. The highest BCUT2D eigenvalue weighted by molar-refractivity contribution is 6.15. The summed E-state index contributed by atoms with van der Waals surface area (Å²) in [6.45, 7) is 13.6. The van der Waals surface area contributed by atoms with Crippen LogP contribution in [0.3, 0.4) is 0 Å². The van der Waals surface area contributed by atoms with Crippen molar-refractivity contribution >= 4 is 34.8 Å². The zero-order chi connectivity index (χ0) is 28.2. The molecule has 216 valence electrons. The fourth-order valence-electron chi connectivity index (χ4n) is 3.30. The molecule has 0 bridgehead atoms. The van der Waals surface area contributed by atoms with Crippen molar-refractivity contribution in [3.05, 3.63) is 37.2 Å². The second kappa shape index (κ2) is 30.1. The number of hydrogen-bond donors (Lipinski definition) is 0. The smallest absolute Gasteiger partial charge is 0.0893 e. The van der Waals surface area contributed by atoms with Gasteiger partial charge in [0, 0.05) is 97.1 Å². The standard InChI is InChI=1S/C11H22N2.C8H16N2.C5H10N2.3CH3Cl/c1-3-5-7-12-9-10-13(11-12)8-6-4-2;1-3-4-5-10-7-6-9(2)8-10;1-6-3-4-7(2)5-6;3*1-2/h9-10H,3-8,11H2,1-2H3;6-7H,3-5,8H2,1-2H3;3-4H,5H2,1-2H3;3*1H3. The normalized spacial score (nSPS) is 14.7. The number of rotatable bonds is 9. The van der Waals surface area contributed by atoms with Crippen LogP contribution in [0.4, 0.5) is 0 Å². The van der Waals surface area contributed by atoms with Gasteiger partial charge in [0.2, 0.25) is 0 Å². The molecule has 0 N–H and O–H groups in total. The summed E-state index contributed by atoms with van der Waals surface area (Å²) in [5.41, 5.74) is 0. The van der Waals surface area contributed by atoms with Crippen molar-refractivity contribution in [1.82, 2.24) is 29.4 Å². The van der Waals surface area contributed by atoms with E-state index in [1.54, 1.807) is 0 Å². The molecule has 0 saturated carbocycles. The zero-order valence-electron chi connectivity index (χ0n) is 24.8. The molecule has 0 aromatic rings. The summed E-state index contributed by atoms with van der Waals surface area (Å²) in [6.07, 6.45) is 25.1. The van der Waals surface area contributed by atoms with E-state index in [-0.39, 0.29) is 0 Å². The Labute approximate surface area is 240 Å². The SMILES string of the molecule is CCCCN1C=CN(C)C1.CCCCN1C=CN(CCCC)C1.CCl.CCl.CCl.CN1C=CN(C)C1. The number of hydrogen-bond acceptors (Lipinski definition) is 6. The van der Waals surface area contributed by atoms with E-state index in [4.69, 9.17) is 0 Å². The molecule has 0 spiro atoms. The van der Waals surface area contributed by atoms with Crippen molar-refractivity contribution in [3.63, 3.8) is 0 Å². The van der Waals surface area contributed by atoms with Crippen LogP contribution in [0.15, 0.2) is 37.2 Å². The predicted molar refractivity (Wildman–Crippen MR) is 165 cm³/mol. The Morgan fingerprint density at radius 3 is 0.972 bits per heavy atom. The summed E-state index contributed by atoms with van der Waals surface area (Å²) < 4.78 is 0. The van der Waals surface area contributed by atoms with Gasteiger partial charge in [-0.3, -0.25) is 0 Å². The molecule has 0 fully saturated rings. The molecule has 3 aliphatic rings. The van der Waals surface area contributed by atoms with Crippen LogP contribution in [0.2, 0.25) is 0 Å². The van der Waals surface area contributed by atoms with Crippen LogP contribution in [0, 0.1) is 0 Å². The van der Waals surface area contributed by atoms with E-state index >= 15 is 0 Å². The highest BCUT2D eigenvalue weighted by Gasteiger charge is 2.10. The molecule has 0 aliphatic carbocycles. The van der Waals surface area contributed by atoms with Crippen LogP contribution in [-0.2, 0) is 0 Å². The van der Waals surface area contributed by atoms with Crippen molar-refractivity contribution in [1.29, 1.82) is 0 Å². The first-order valence-electron chi connectivity index (χ1n) is 13.0. The molecule has 0 saturated heterocycles. The molecule has 3 heterocycles. The third kappa shape index (κ3) is 23.3. The van der Waals surface area contributed by atoms with Gasteiger partial charge in [-0.15, -0.1) is 34.8 Å². The molecule has 36 heavy (non-hydrogen) atoms. The first-order chi connectivity index (χ1) is 17.5. The molecule has 3 rings (SSSR count). The maximum absolute atomic E-state index is 4.64. The quantitative estimate of drug-likeness (QED) is 0.277. The van der Waals surface area contributed by atoms with Crippen molar-refractivity contribution in [2.24, 2.45) is 0 Å². The molecular weight excluding hydrogens is 515 g/mol. The van der Waals surface area contributed by atoms with Gasteiger partial charge >= 0.3 is 0 Å². The van der Waals surface area contributed by atoms with Gasteiger partial charge in [0.05, 0.1) is 20.0 Å². The van der Waals surface area contributed by atoms with Crippen molar-refractivity contribution in [2.45, 2.75) is 59.3 Å². The van der Waals surface area contributed by atoms with Crippen molar-refractivity contribution in [3.8, 4) is 0 Å². The number of unbranched alkanes of at least 4 members (excludes halogenated alkanes) is 3. The topological polar surface area (TPSA) is 19.4 Å². The van der Waals surface area contributed by atoms with Crippen LogP contribution in [0.25, 0.3) is 0 Å². The third-order valence-electron chi connectivity index (χ3n) is 5.21. The molecule has 0 aromatic heterocycles. The first kappa shape index (κ1) is 39.4. The summed E-state index contributed by atoms with van der Waals surface area (Å²) in [4.78, 5) is 13.6. The molecule has 3 aliphatic heterocycles. The van der Waals surface area contributed by atoms with Gasteiger partial charge in [0.1, 0.15) is 0 Å². The second-order valence-electron chi connectivity index (χ2n) is 8.59. The number of halogens is 3. The van der Waals surface area contributed by atoms with Gasteiger partial charge in [0.15, 0.2) is 0 Å². The molecule has 0 amide bonds. The first-order valence-corrected chi connectivity index (χ1v) is 15.3. The predicted octanol–water partition coefficient (Wildman–Crippen LogP) is 6.95. The Kier molecular flexibility index (Phi) is 33.0. The van der Waals surface area contributed by atoms with Crippen LogP contribution in [-0.4, -0.2) is 109 Å². The van der Waals surface area contributed by atoms with Crippen molar-refractivity contribution in [2.75, 3.05) is 79.9 Å².